The van der Waals surface area contributed by atoms with Crippen molar-refractivity contribution in [3.05, 3.63) is 54.1 Å². The number of anilines is 1. The van der Waals surface area contributed by atoms with Crippen LogP contribution in [-0.2, 0) is 36.0 Å². The Morgan fingerprint density at radius 1 is 0.892 bits per heavy atom. The summed E-state index contributed by atoms with van der Waals surface area (Å²) in [5, 5.41) is 2.77. The highest BCUT2D eigenvalue weighted by Crippen LogP contribution is 2.19. The van der Waals surface area contributed by atoms with Crippen molar-refractivity contribution < 1.29 is 26.4 Å². The van der Waals surface area contributed by atoms with E-state index in [1.807, 2.05) is 0 Å². The number of rotatable bonds is 8. The largest absolute Gasteiger partial charge is 0.379 e. The Morgan fingerprint density at radius 3 is 2.27 bits per heavy atom. The first-order chi connectivity index (χ1) is 17.7. The molecule has 1 amide bonds. The molecule has 2 heterocycles. The van der Waals surface area contributed by atoms with Crippen molar-refractivity contribution in [1.29, 1.82) is 0 Å². The molecule has 200 valence electrons. The third-order valence-corrected chi connectivity index (χ3v) is 9.56. The van der Waals surface area contributed by atoms with E-state index in [1.54, 1.807) is 36.4 Å². The highest BCUT2D eigenvalue weighted by atomic mass is 32.2. The number of hydrogen-bond acceptors (Lipinski definition) is 7. The number of sulfonamides is 2. The number of ether oxygens (including phenoxy) is 1. The van der Waals surface area contributed by atoms with Crippen LogP contribution in [-0.4, -0.2) is 65.7 Å². The SMILES string of the molecule is O=C(CCc1ccc(S(=O)(=O)N2CCOCC2)cc1)Nc1ccc(S(=O)(=O)NC2=NCCCCC2)cc1. The fourth-order valence-corrected chi connectivity index (χ4v) is 6.63. The van der Waals surface area contributed by atoms with Gasteiger partial charge in [-0.2, -0.15) is 4.31 Å². The maximum Gasteiger partial charge on any atom is 0.262 e. The third kappa shape index (κ3) is 7.37. The normalized spacial score (nSPS) is 17.5. The number of nitrogens with one attached hydrogen (secondary N) is 2. The van der Waals surface area contributed by atoms with Crippen LogP contribution in [0.4, 0.5) is 5.69 Å². The van der Waals surface area contributed by atoms with Gasteiger partial charge in [-0.15, -0.1) is 0 Å². The van der Waals surface area contributed by atoms with Gasteiger partial charge in [-0.3, -0.25) is 14.5 Å². The zero-order chi connectivity index (χ0) is 26.3. The first kappa shape index (κ1) is 27.2. The monoisotopic (exact) mass is 548 g/mol. The van der Waals surface area contributed by atoms with Crippen LogP contribution in [0.2, 0.25) is 0 Å². The molecule has 1 saturated heterocycles. The van der Waals surface area contributed by atoms with Crippen molar-refractivity contribution in [2.45, 2.75) is 48.3 Å². The number of amidine groups is 1. The van der Waals surface area contributed by atoms with E-state index in [0.29, 0.717) is 57.2 Å². The van der Waals surface area contributed by atoms with Crippen molar-refractivity contribution in [2.75, 3.05) is 38.2 Å². The molecule has 2 aliphatic heterocycles. The first-order valence-electron chi connectivity index (χ1n) is 12.4. The standard InChI is InChI=1S/C25H32N4O6S2/c30-25(14-7-20-5-10-23(11-6-20)37(33,34)29-16-18-35-19-17-29)27-21-8-12-22(13-9-21)36(31,32)28-24-4-2-1-3-15-26-24/h5-6,8-13H,1-4,7,14-19H2,(H,26,28)(H,27,30). The molecule has 2 N–H and O–H groups in total. The molecule has 0 aromatic heterocycles. The van der Waals surface area contributed by atoms with Gasteiger partial charge in [0.15, 0.2) is 0 Å². The molecule has 12 heteroatoms. The Morgan fingerprint density at radius 2 is 1.57 bits per heavy atom. The van der Waals surface area contributed by atoms with Crippen molar-refractivity contribution in [3.63, 3.8) is 0 Å². The Hall–Kier alpha value is -2.80. The molecule has 0 saturated carbocycles. The molecule has 0 aliphatic carbocycles. The van der Waals surface area contributed by atoms with Gasteiger partial charge in [-0.25, -0.2) is 16.8 Å². The fraction of sp³-hybridized carbons (Fsp3) is 0.440. The maximum absolute atomic E-state index is 12.7. The molecule has 2 aromatic carbocycles. The Kier molecular flexibility index (Phi) is 8.95. The Bertz CT molecular complexity index is 1320. The molecule has 0 unspecified atom stereocenters. The molecule has 1 fully saturated rings. The molecule has 37 heavy (non-hydrogen) atoms. The summed E-state index contributed by atoms with van der Waals surface area (Å²) in [6, 6.07) is 12.5. The lowest BCUT2D eigenvalue weighted by Gasteiger charge is -2.26. The molecule has 2 aromatic rings. The second-order valence-corrected chi connectivity index (χ2v) is 12.6. The number of benzene rings is 2. The van der Waals surface area contributed by atoms with Crippen molar-refractivity contribution in [1.82, 2.24) is 9.03 Å². The van der Waals surface area contributed by atoms with Gasteiger partial charge in [-0.05, 0) is 61.2 Å². The molecular formula is C25H32N4O6S2. The third-order valence-electron chi connectivity index (χ3n) is 6.25. The summed E-state index contributed by atoms with van der Waals surface area (Å²) in [4.78, 5) is 17.1. The van der Waals surface area contributed by atoms with Crippen LogP contribution in [0.25, 0.3) is 0 Å². The quantitative estimate of drug-likeness (QED) is 0.521. The van der Waals surface area contributed by atoms with E-state index < -0.39 is 20.0 Å². The van der Waals surface area contributed by atoms with Gasteiger partial charge in [-0.1, -0.05) is 18.6 Å². The van der Waals surface area contributed by atoms with Crippen LogP contribution in [0.3, 0.4) is 0 Å². The number of carbonyl (C=O) groups excluding carboxylic acids is 1. The second-order valence-electron chi connectivity index (χ2n) is 8.98. The van der Waals surface area contributed by atoms with E-state index >= 15 is 0 Å². The minimum Gasteiger partial charge on any atom is -0.379 e. The summed E-state index contributed by atoms with van der Waals surface area (Å²) >= 11 is 0. The zero-order valence-electron chi connectivity index (χ0n) is 20.6. The van der Waals surface area contributed by atoms with E-state index in [-0.39, 0.29) is 22.1 Å². The van der Waals surface area contributed by atoms with Gasteiger partial charge in [0, 0.05) is 38.2 Å². The summed E-state index contributed by atoms with van der Waals surface area (Å²) in [6.07, 6.45) is 4.13. The van der Waals surface area contributed by atoms with Gasteiger partial charge in [0.25, 0.3) is 10.0 Å². The lowest BCUT2D eigenvalue weighted by molar-refractivity contribution is -0.116. The van der Waals surface area contributed by atoms with Crippen LogP contribution in [0.15, 0.2) is 63.3 Å². The predicted molar refractivity (Wildman–Crippen MR) is 141 cm³/mol. The Balaban J connectivity index is 1.28. The smallest absolute Gasteiger partial charge is 0.262 e. The molecule has 2 aliphatic rings. The topological polar surface area (TPSA) is 134 Å². The number of nitrogens with zero attached hydrogens (tertiary/aromatic N) is 2. The molecule has 0 radical (unpaired) electrons. The highest BCUT2D eigenvalue weighted by molar-refractivity contribution is 7.90. The number of aryl methyl sites for hydroxylation is 1. The summed E-state index contributed by atoms with van der Waals surface area (Å²) < 4.78 is 60.0. The Labute approximate surface area is 218 Å². The minimum absolute atomic E-state index is 0.101. The number of amides is 1. The van der Waals surface area contributed by atoms with Crippen molar-refractivity contribution in [3.8, 4) is 0 Å². The number of aliphatic imine (C=N–C) groups is 1. The molecule has 0 atom stereocenters. The van der Waals surface area contributed by atoms with Crippen LogP contribution < -0.4 is 10.0 Å². The summed E-state index contributed by atoms with van der Waals surface area (Å²) in [5.41, 5.74) is 1.33. The summed E-state index contributed by atoms with van der Waals surface area (Å²) in [7, 11) is -7.29. The fourth-order valence-electron chi connectivity index (χ4n) is 4.13. The van der Waals surface area contributed by atoms with E-state index in [2.05, 4.69) is 15.0 Å². The number of hydrogen-bond donors (Lipinski definition) is 2. The lowest BCUT2D eigenvalue weighted by Crippen LogP contribution is -2.40. The van der Waals surface area contributed by atoms with Crippen LogP contribution >= 0.6 is 0 Å². The van der Waals surface area contributed by atoms with Gasteiger partial charge in [0.2, 0.25) is 15.9 Å². The van der Waals surface area contributed by atoms with Crippen molar-refractivity contribution in [2.24, 2.45) is 4.99 Å². The van der Waals surface area contributed by atoms with E-state index in [4.69, 9.17) is 4.74 Å². The molecule has 0 bridgehead atoms. The van der Waals surface area contributed by atoms with Crippen molar-refractivity contribution >= 4 is 37.5 Å². The van der Waals surface area contributed by atoms with Gasteiger partial charge in [0.05, 0.1) is 23.0 Å². The molecular weight excluding hydrogens is 516 g/mol. The van der Waals surface area contributed by atoms with E-state index in [9.17, 15) is 21.6 Å². The van der Waals surface area contributed by atoms with Gasteiger partial charge < -0.3 is 10.1 Å². The molecule has 4 rings (SSSR count). The number of morpholine rings is 1. The molecule has 10 nitrogen and oxygen atoms in total. The average Bonchev–Trinajstić information content (AvgIpc) is 3.17. The number of carbonyl (C=O) groups is 1. The molecule has 0 spiro atoms. The second kappa shape index (κ2) is 12.2. The minimum atomic E-state index is -3.73. The van der Waals surface area contributed by atoms with Crippen LogP contribution in [0.1, 0.15) is 37.7 Å². The van der Waals surface area contributed by atoms with E-state index in [1.165, 1.54) is 16.4 Å². The average molecular weight is 549 g/mol. The predicted octanol–water partition coefficient (Wildman–Crippen LogP) is 2.53. The lowest BCUT2D eigenvalue weighted by atomic mass is 10.1. The summed E-state index contributed by atoms with van der Waals surface area (Å²) in [6.45, 7) is 2.07. The maximum atomic E-state index is 12.7. The van der Waals surface area contributed by atoms with E-state index in [0.717, 1.165) is 24.8 Å². The zero-order valence-corrected chi connectivity index (χ0v) is 22.2. The highest BCUT2D eigenvalue weighted by Gasteiger charge is 2.26. The van der Waals surface area contributed by atoms with Crippen LogP contribution in [0, 0.1) is 0 Å². The summed E-state index contributed by atoms with van der Waals surface area (Å²) in [5.74, 6) is 0.258. The first-order valence-corrected chi connectivity index (χ1v) is 15.3. The van der Waals surface area contributed by atoms with Gasteiger partial charge in [0.1, 0.15) is 5.84 Å². The van der Waals surface area contributed by atoms with Gasteiger partial charge >= 0.3 is 0 Å². The van der Waals surface area contributed by atoms with Crippen LogP contribution in [0.5, 0.6) is 0 Å².